The van der Waals surface area contributed by atoms with Crippen molar-refractivity contribution < 1.29 is 23.5 Å². The molecular formula is C27H31FN6O4. The number of hydrogen-bond donors (Lipinski definition) is 1. The maximum Gasteiger partial charge on any atom is 0.408 e. The normalized spacial score (nSPS) is 15.7. The van der Waals surface area contributed by atoms with E-state index in [0.29, 0.717) is 29.3 Å². The standard InChI is InChI=1S/C27H31FN6O4/c1-26(2,3)38-25(36)32-27(4,5)11-9-20-18(14-17(28)15-29-20)21-8-7-12-33(21)22-10-13-34-23(31-22)19(16-30-34)24(35)37-6/h10,13-16,21H,7-8,12H2,1-6H3,(H,32,36). The molecular weight excluding hydrogens is 491 g/mol. The third kappa shape index (κ3) is 6.02. The Hall–Kier alpha value is -4.20. The van der Waals surface area contributed by atoms with E-state index in [0.717, 1.165) is 19.0 Å². The molecule has 3 aromatic heterocycles. The van der Waals surface area contributed by atoms with Gasteiger partial charge in [0.2, 0.25) is 0 Å². The second-order valence-electron chi connectivity index (χ2n) is 10.5. The number of anilines is 1. The first-order valence-corrected chi connectivity index (χ1v) is 12.3. The summed E-state index contributed by atoms with van der Waals surface area (Å²) in [5.74, 6) is 5.67. The van der Waals surface area contributed by atoms with E-state index in [1.54, 1.807) is 46.9 Å². The maximum atomic E-state index is 14.4. The van der Waals surface area contributed by atoms with Crippen molar-refractivity contribution in [2.24, 2.45) is 0 Å². The number of nitrogens with zero attached hydrogens (tertiary/aromatic N) is 5. The average Bonchev–Trinajstić information content (AvgIpc) is 3.48. The fourth-order valence-corrected chi connectivity index (χ4v) is 4.26. The monoisotopic (exact) mass is 522 g/mol. The SMILES string of the molecule is COC(=O)c1cnn2ccc(N3CCCC3c3cc(F)cnc3C#CC(C)(C)NC(=O)OC(C)(C)C)nc12. The van der Waals surface area contributed by atoms with E-state index >= 15 is 0 Å². The van der Waals surface area contributed by atoms with Gasteiger partial charge >= 0.3 is 12.1 Å². The van der Waals surface area contributed by atoms with Gasteiger partial charge in [-0.25, -0.2) is 28.5 Å². The van der Waals surface area contributed by atoms with Crippen LogP contribution in [-0.2, 0) is 9.47 Å². The molecule has 0 saturated carbocycles. The van der Waals surface area contributed by atoms with Gasteiger partial charge in [0, 0.05) is 18.3 Å². The molecule has 3 aromatic rings. The zero-order valence-electron chi connectivity index (χ0n) is 22.3. The summed E-state index contributed by atoms with van der Waals surface area (Å²) in [5.41, 5.74) is 0.0754. The second-order valence-corrected chi connectivity index (χ2v) is 10.5. The predicted octanol–water partition coefficient (Wildman–Crippen LogP) is 4.05. The van der Waals surface area contributed by atoms with Crippen molar-refractivity contribution in [2.45, 2.75) is 64.6 Å². The second kappa shape index (κ2) is 10.3. The summed E-state index contributed by atoms with van der Waals surface area (Å²) < 4.78 is 26.1. The number of alkyl carbamates (subject to hydrolysis) is 1. The van der Waals surface area contributed by atoms with E-state index in [1.165, 1.54) is 23.9 Å². The molecule has 4 heterocycles. The number of fused-ring (bicyclic) bond motifs is 1. The molecule has 1 unspecified atom stereocenters. The van der Waals surface area contributed by atoms with Gasteiger partial charge < -0.3 is 19.7 Å². The number of halogens is 1. The van der Waals surface area contributed by atoms with Crippen LogP contribution in [0.1, 0.15) is 75.1 Å². The molecule has 10 nitrogen and oxygen atoms in total. The summed E-state index contributed by atoms with van der Waals surface area (Å²) in [5, 5.41) is 6.91. The lowest BCUT2D eigenvalue weighted by Gasteiger charge is -2.27. The third-order valence-electron chi connectivity index (χ3n) is 5.86. The number of carbonyl (C=O) groups is 2. The Morgan fingerprint density at radius 3 is 2.68 bits per heavy atom. The Balaban J connectivity index is 1.65. The minimum Gasteiger partial charge on any atom is -0.465 e. The first-order valence-electron chi connectivity index (χ1n) is 12.3. The maximum absolute atomic E-state index is 14.4. The number of methoxy groups -OCH3 is 1. The number of amides is 1. The quantitative estimate of drug-likeness (QED) is 0.404. The smallest absolute Gasteiger partial charge is 0.408 e. The number of rotatable bonds is 4. The number of esters is 1. The topological polar surface area (TPSA) is 111 Å². The summed E-state index contributed by atoms with van der Waals surface area (Å²) in [6.07, 6.45) is 5.25. The van der Waals surface area contributed by atoms with Crippen LogP contribution >= 0.6 is 0 Å². The molecule has 1 N–H and O–H groups in total. The Labute approximate surface area is 220 Å². The van der Waals surface area contributed by atoms with Gasteiger partial charge in [-0.05, 0) is 65.5 Å². The molecule has 0 spiro atoms. The van der Waals surface area contributed by atoms with Crippen LogP contribution in [0.3, 0.4) is 0 Å². The van der Waals surface area contributed by atoms with E-state index in [1.807, 2.05) is 4.90 Å². The van der Waals surface area contributed by atoms with Crippen molar-refractivity contribution in [3.8, 4) is 11.8 Å². The van der Waals surface area contributed by atoms with Gasteiger partial charge in [-0.2, -0.15) is 5.10 Å². The average molecular weight is 523 g/mol. The number of carbonyl (C=O) groups excluding carboxylic acids is 2. The van der Waals surface area contributed by atoms with Gasteiger partial charge in [0.1, 0.15) is 28.5 Å². The number of hydrogen-bond acceptors (Lipinski definition) is 8. The molecule has 11 heteroatoms. The highest BCUT2D eigenvalue weighted by Gasteiger charge is 2.31. The Bertz CT molecular complexity index is 1430. The molecule has 1 amide bonds. The minimum atomic E-state index is -0.927. The predicted molar refractivity (Wildman–Crippen MR) is 138 cm³/mol. The van der Waals surface area contributed by atoms with Gasteiger partial charge in [-0.1, -0.05) is 5.92 Å². The Kier molecular flexibility index (Phi) is 7.26. The molecule has 200 valence electrons. The molecule has 1 fully saturated rings. The van der Waals surface area contributed by atoms with Gasteiger partial charge in [0.25, 0.3) is 0 Å². The molecule has 38 heavy (non-hydrogen) atoms. The summed E-state index contributed by atoms with van der Waals surface area (Å²) in [7, 11) is 1.30. The number of nitrogens with one attached hydrogen (secondary N) is 1. The summed E-state index contributed by atoms with van der Waals surface area (Å²) in [4.78, 5) is 35.4. The van der Waals surface area contributed by atoms with Crippen molar-refractivity contribution in [3.63, 3.8) is 0 Å². The van der Waals surface area contributed by atoms with E-state index in [9.17, 15) is 14.0 Å². The van der Waals surface area contributed by atoms with E-state index in [2.05, 4.69) is 32.2 Å². The number of pyridine rings is 1. The highest BCUT2D eigenvalue weighted by Crippen LogP contribution is 2.36. The van der Waals surface area contributed by atoms with Crippen LogP contribution in [0, 0.1) is 17.7 Å². The van der Waals surface area contributed by atoms with Gasteiger partial charge in [-0.3, -0.25) is 0 Å². The lowest BCUT2D eigenvalue weighted by Crippen LogP contribution is -2.44. The highest BCUT2D eigenvalue weighted by molar-refractivity contribution is 5.95. The van der Waals surface area contributed by atoms with Crippen molar-refractivity contribution in [1.29, 1.82) is 0 Å². The zero-order valence-corrected chi connectivity index (χ0v) is 22.3. The van der Waals surface area contributed by atoms with Crippen LogP contribution in [-0.4, -0.2) is 56.4 Å². The molecule has 1 aliphatic heterocycles. The highest BCUT2D eigenvalue weighted by atomic mass is 19.1. The molecule has 4 rings (SSSR count). The zero-order chi connectivity index (χ0) is 27.7. The molecule has 0 aliphatic carbocycles. The van der Waals surface area contributed by atoms with Crippen LogP contribution < -0.4 is 10.2 Å². The minimum absolute atomic E-state index is 0.246. The van der Waals surface area contributed by atoms with Gasteiger partial charge in [0.05, 0.1) is 31.1 Å². The first-order chi connectivity index (χ1) is 17.9. The molecule has 0 aromatic carbocycles. The molecule has 1 aliphatic rings. The van der Waals surface area contributed by atoms with Crippen LogP contribution in [0.2, 0.25) is 0 Å². The molecule has 0 bridgehead atoms. The number of aromatic nitrogens is 4. The van der Waals surface area contributed by atoms with Gasteiger partial charge in [-0.15, -0.1) is 0 Å². The fourth-order valence-electron chi connectivity index (χ4n) is 4.26. The van der Waals surface area contributed by atoms with E-state index in [4.69, 9.17) is 9.47 Å². The van der Waals surface area contributed by atoms with E-state index < -0.39 is 29.0 Å². The van der Waals surface area contributed by atoms with Crippen molar-refractivity contribution in [1.82, 2.24) is 24.9 Å². The molecule has 1 atom stereocenters. The van der Waals surface area contributed by atoms with Crippen molar-refractivity contribution in [3.05, 3.63) is 53.4 Å². The van der Waals surface area contributed by atoms with Crippen molar-refractivity contribution in [2.75, 3.05) is 18.6 Å². The van der Waals surface area contributed by atoms with Crippen LogP contribution in [0.4, 0.5) is 15.0 Å². The summed E-state index contributed by atoms with van der Waals surface area (Å²) in [6, 6.07) is 2.99. The molecule has 0 radical (unpaired) electrons. The molecule has 1 saturated heterocycles. The van der Waals surface area contributed by atoms with Gasteiger partial charge in [0.15, 0.2) is 5.65 Å². The van der Waals surface area contributed by atoms with Crippen LogP contribution in [0.15, 0.2) is 30.7 Å². The van der Waals surface area contributed by atoms with E-state index in [-0.39, 0.29) is 11.6 Å². The lowest BCUT2D eigenvalue weighted by atomic mass is 10.0. The van der Waals surface area contributed by atoms with Crippen LogP contribution in [0.25, 0.3) is 5.65 Å². The lowest BCUT2D eigenvalue weighted by molar-refractivity contribution is 0.0493. The summed E-state index contributed by atoms with van der Waals surface area (Å²) >= 11 is 0. The van der Waals surface area contributed by atoms with Crippen molar-refractivity contribution >= 4 is 23.5 Å². The fraction of sp³-hybridized carbons (Fsp3) is 0.444. The Morgan fingerprint density at radius 1 is 1.21 bits per heavy atom. The largest absolute Gasteiger partial charge is 0.465 e. The number of ether oxygens (including phenoxy) is 2. The summed E-state index contributed by atoms with van der Waals surface area (Å²) in [6.45, 7) is 9.51. The van der Waals surface area contributed by atoms with Crippen LogP contribution in [0.5, 0.6) is 0 Å². The Morgan fingerprint density at radius 2 is 1.97 bits per heavy atom. The first kappa shape index (κ1) is 26.9. The third-order valence-corrected chi connectivity index (χ3v) is 5.86.